The van der Waals surface area contributed by atoms with Crippen molar-refractivity contribution < 1.29 is 27.1 Å². The van der Waals surface area contributed by atoms with E-state index in [4.69, 9.17) is 4.74 Å². The summed E-state index contributed by atoms with van der Waals surface area (Å²) < 4.78 is 58.9. The van der Waals surface area contributed by atoms with Crippen molar-refractivity contribution in [2.75, 3.05) is 7.05 Å². The fraction of sp³-hybridized carbons (Fsp3) is 0.350. The van der Waals surface area contributed by atoms with E-state index in [0.717, 1.165) is 5.56 Å². The fourth-order valence-corrected chi connectivity index (χ4v) is 2.73. The molecule has 0 bridgehead atoms. The number of rotatable bonds is 8. The second-order valence-electron chi connectivity index (χ2n) is 5.95. The number of halogens is 4. The molecule has 2 aromatic carbocycles. The zero-order valence-electron chi connectivity index (χ0n) is 15.1. The molecule has 2 aromatic rings. The Labute approximate surface area is 155 Å². The van der Waals surface area contributed by atoms with Gasteiger partial charge in [-0.1, -0.05) is 31.2 Å². The number of carbonyl (C=O) groups is 1. The fourth-order valence-electron chi connectivity index (χ4n) is 2.73. The normalized spacial score (nSPS) is 11.1. The van der Waals surface area contributed by atoms with Gasteiger partial charge in [0.1, 0.15) is 12.4 Å². The molecule has 0 aliphatic rings. The summed E-state index contributed by atoms with van der Waals surface area (Å²) >= 11 is 0. The first-order valence-corrected chi connectivity index (χ1v) is 8.50. The van der Waals surface area contributed by atoms with E-state index in [9.17, 15) is 22.4 Å². The molecule has 3 nitrogen and oxygen atoms in total. The molecule has 0 saturated carbocycles. The van der Waals surface area contributed by atoms with Gasteiger partial charge in [-0.25, -0.2) is 17.6 Å². The standard InChI is InChI=1S/C20H21F4NO2/c1-3-12-7-8-17(15(9-12)20(23)24)27-11-16-13(10-18(26)25-2)5-4-6-14(16)19(21)22/h4-9,19-20H,3,10-11H2,1-2H3,(H,25,26). The van der Waals surface area contributed by atoms with E-state index in [1.165, 1.54) is 31.3 Å². The quantitative estimate of drug-likeness (QED) is 0.652. The summed E-state index contributed by atoms with van der Waals surface area (Å²) in [4.78, 5) is 11.7. The van der Waals surface area contributed by atoms with Crippen molar-refractivity contribution in [2.24, 2.45) is 0 Å². The van der Waals surface area contributed by atoms with Gasteiger partial charge in [0.05, 0.1) is 12.0 Å². The van der Waals surface area contributed by atoms with E-state index in [0.29, 0.717) is 12.0 Å². The molecule has 1 amide bonds. The predicted octanol–water partition coefficient (Wildman–Crippen LogP) is 4.99. The lowest BCUT2D eigenvalue weighted by molar-refractivity contribution is -0.119. The summed E-state index contributed by atoms with van der Waals surface area (Å²) in [7, 11) is 1.44. The zero-order valence-corrected chi connectivity index (χ0v) is 15.1. The Morgan fingerprint density at radius 1 is 1.07 bits per heavy atom. The van der Waals surface area contributed by atoms with Crippen molar-refractivity contribution in [3.05, 3.63) is 64.2 Å². The molecule has 2 rings (SSSR count). The maximum absolute atomic E-state index is 13.4. The summed E-state index contributed by atoms with van der Waals surface area (Å²) in [5.41, 5.74) is 0.676. The molecule has 0 aliphatic carbocycles. The van der Waals surface area contributed by atoms with Crippen molar-refractivity contribution >= 4 is 5.91 Å². The number of nitrogens with one attached hydrogen (secondary N) is 1. The Morgan fingerprint density at radius 3 is 2.37 bits per heavy atom. The molecule has 0 aromatic heterocycles. The van der Waals surface area contributed by atoms with E-state index in [1.807, 2.05) is 6.92 Å². The molecular formula is C20H21F4NO2. The molecule has 0 heterocycles. The molecule has 0 spiro atoms. The minimum Gasteiger partial charge on any atom is -0.488 e. The molecule has 0 radical (unpaired) electrons. The average Bonchev–Trinajstić information content (AvgIpc) is 2.66. The van der Waals surface area contributed by atoms with E-state index in [-0.39, 0.29) is 41.4 Å². The SMILES string of the molecule is CCc1ccc(OCc2c(CC(=O)NC)cccc2C(F)F)c(C(F)F)c1. The third-order valence-corrected chi connectivity index (χ3v) is 4.26. The van der Waals surface area contributed by atoms with Crippen LogP contribution in [-0.2, 0) is 24.2 Å². The highest BCUT2D eigenvalue weighted by Gasteiger charge is 2.20. The van der Waals surface area contributed by atoms with Crippen LogP contribution in [0.4, 0.5) is 17.6 Å². The van der Waals surface area contributed by atoms with Crippen LogP contribution in [0.2, 0.25) is 0 Å². The smallest absolute Gasteiger partial charge is 0.267 e. The predicted molar refractivity (Wildman–Crippen MR) is 94.3 cm³/mol. The van der Waals surface area contributed by atoms with Crippen molar-refractivity contribution in [3.8, 4) is 5.75 Å². The molecule has 0 fully saturated rings. The molecular weight excluding hydrogens is 362 g/mol. The summed E-state index contributed by atoms with van der Waals surface area (Å²) in [5.74, 6) is -0.402. The first-order chi connectivity index (χ1) is 12.9. The Bertz CT molecular complexity index is 794. The second-order valence-corrected chi connectivity index (χ2v) is 5.95. The van der Waals surface area contributed by atoms with Crippen LogP contribution in [0.3, 0.4) is 0 Å². The van der Waals surface area contributed by atoms with Crippen LogP contribution < -0.4 is 10.1 Å². The average molecular weight is 383 g/mol. The monoisotopic (exact) mass is 383 g/mol. The van der Waals surface area contributed by atoms with E-state index in [2.05, 4.69) is 5.32 Å². The van der Waals surface area contributed by atoms with Gasteiger partial charge >= 0.3 is 0 Å². The third-order valence-electron chi connectivity index (χ3n) is 4.26. The van der Waals surface area contributed by atoms with Crippen LogP contribution in [-0.4, -0.2) is 13.0 Å². The van der Waals surface area contributed by atoms with Crippen LogP contribution in [0.25, 0.3) is 0 Å². The van der Waals surface area contributed by atoms with Gasteiger partial charge in [-0.05, 0) is 29.7 Å². The lowest BCUT2D eigenvalue weighted by atomic mass is 9.99. The van der Waals surface area contributed by atoms with Gasteiger partial charge in [0.25, 0.3) is 12.9 Å². The summed E-state index contributed by atoms with van der Waals surface area (Å²) in [6, 6.07) is 8.66. The molecule has 7 heteroatoms. The summed E-state index contributed by atoms with van der Waals surface area (Å²) in [6.45, 7) is 1.51. The highest BCUT2D eigenvalue weighted by Crippen LogP contribution is 2.32. The molecule has 146 valence electrons. The Kier molecular flexibility index (Phi) is 7.21. The zero-order chi connectivity index (χ0) is 20.0. The van der Waals surface area contributed by atoms with Gasteiger partial charge in [0.15, 0.2) is 0 Å². The maximum Gasteiger partial charge on any atom is 0.267 e. The number of ether oxygens (including phenoxy) is 1. The van der Waals surface area contributed by atoms with Gasteiger partial charge in [0, 0.05) is 18.2 Å². The highest BCUT2D eigenvalue weighted by molar-refractivity contribution is 5.78. The van der Waals surface area contributed by atoms with Gasteiger partial charge in [-0.2, -0.15) is 0 Å². The minimum absolute atomic E-state index is 0.0582. The Morgan fingerprint density at radius 2 is 1.78 bits per heavy atom. The highest BCUT2D eigenvalue weighted by atomic mass is 19.3. The molecule has 27 heavy (non-hydrogen) atoms. The van der Waals surface area contributed by atoms with E-state index >= 15 is 0 Å². The van der Waals surface area contributed by atoms with Gasteiger partial charge < -0.3 is 10.1 Å². The second kappa shape index (κ2) is 9.39. The maximum atomic E-state index is 13.4. The largest absolute Gasteiger partial charge is 0.488 e. The number of amides is 1. The van der Waals surface area contributed by atoms with Crippen molar-refractivity contribution in [1.29, 1.82) is 0 Å². The van der Waals surface area contributed by atoms with Gasteiger partial charge in [0.2, 0.25) is 5.91 Å². The number of likely N-dealkylation sites (N-methyl/N-ethyl adjacent to an activating group) is 1. The number of hydrogen-bond acceptors (Lipinski definition) is 2. The first-order valence-electron chi connectivity index (χ1n) is 8.50. The van der Waals surface area contributed by atoms with Crippen LogP contribution in [0.5, 0.6) is 5.75 Å². The minimum atomic E-state index is -2.77. The lowest BCUT2D eigenvalue weighted by Crippen LogP contribution is -2.21. The molecule has 1 N–H and O–H groups in total. The molecule has 0 atom stereocenters. The Balaban J connectivity index is 2.35. The number of benzene rings is 2. The lowest BCUT2D eigenvalue weighted by Gasteiger charge is -2.17. The summed E-state index contributed by atoms with van der Waals surface area (Å²) in [6.07, 6.45) is -5.04. The van der Waals surface area contributed by atoms with E-state index in [1.54, 1.807) is 12.1 Å². The number of alkyl halides is 4. The van der Waals surface area contributed by atoms with Gasteiger partial charge in [-0.3, -0.25) is 4.79 Å². The molecule has 0 saturated heterocycles. The van der Waals surface area contributed by atoms with Crippen LogP contribution in [0, 0.1) is 0 Å². The molecule has 0 unspecified atom stereocenters. The van der Waals surface area contributed by atoms with Gasteiger partial charge in [-0.15, -0.1) is 0 Å². The topological polar surface area (TPSA) is 38.3 Å². The van der Waals surface area contributed by atoms with E-state index < -0.39 is 12.9 Å². The Hall–Kier alpha value is -2.57. The molecule has 0 aliphatic heterocycles. The van der Waals surface area contributed by atoms with Crippen LogP contribution in [0.15, 0.2) is 36.4 Å². The van der Waals surface area contributed by atoms with Crippen molar-refractivity contribution in [2.45, 2.75) is 39.2 Å². The van der Waals surface area contributed by atoms with Crippen LogP contribution >= 0.6 is 0 Å². The number of aryl methyl sites for hydroxylation is 1. The van der Waals surface area contributed by atoms with Crippen LogP contribution in [0.1, 0.15) is 47.6 Å². The van der Waals surface area contributed by atoms with Crippen molar-refractivity contribution in [3.63, 3.8) is 0 Å². The third kappa shape index (κ3) is 5.21. The number of carbonyl (C=O) groups excluding carboxylic acids is 1. The van der Waals surface area contributed by atoms with Crippen molar-refractivity contribution in [1.82, 2.24) is 5.32 Å². The summed E-state index contributed by atoms with van der Waals surface area (Å²) in [5, 5.41) is 2.43. The number of hydrogen-bond donors (Lipinski definition) is 1. The first kappa shape index (κ1) is 20.7.